The highest BCUT2D eigenvalue weighted by Gasteiger charge is 2.23. The Bertz CT molecular complexity index is 846. The minimum Gasteiger partial charge on any atom is -0.391 e. The van der Waals surface area contributed by atoms with Gasteiger partial charge in [-0.25, -0.2) is 9.78 Å². The molecule has 0 atom stereocenters. The molecule has 0 saturated carbocycles. The Labute approximate surface area is 182 Å². The highest BCUT2D eigenvalue weighted by Crippen LogP contribution is 2.14. The van der Waals surface area contributed by atoms with E-state index in [1.165, 1.54) is 5.56 Å². The molecule has 1 aliphatic rings. The summed E-state index contributed by atoms with van der Waals surface area (Å²) in [6.07, 6.45) is 4.85. The van der Waals surface area contributed by atoms with Crippen LogP contribution in [0, 0.1) is 0 Å². The van der Waals surface area contributed by atoms with Crippen LogP contribution in [0.15, 0.2) is 42.9 Å². The van der Waals surface area contributed by atoms with E-state index in [9.17, 15) is 4.79 Å². The molecule has 2 aromatic rings. The lowest BCUT2D eigenvalue weighted by atomic mass is 10.1. The van der Waals surface area contributed by atoms with Gasteiger partial charge in [0.25, 0.3) is 0 Å². The molecule has 160 valence electrons. The van der Waals surface area contributed by atoms with Gasteiger partial charge in [-0.05, 0) is 50.7 Å². The number of ether oxygens (including phenoxy) is 1. The van der Waals surface area contributed by atoms with Gasteiger partial charge in [-0.3, -0.25) is 9.88 Å². The lowest BCUT2D eigenvalue weighted by Crippen LogP contribution is -2.49. The molecule has 2 N–H and O–H groups in total. The topological polar surface area (TPSA) is 82.6 Å². The molecule has 3 heterocycles. The van der Waals surface area contributed by atoms with Crippen molar-refractivity contribution in [1.29, 1.82) is 0 Å². The van der Waals surface area contributed by atoms with E-state index in [1.807, 2.05) is 33.0 Å². The van der Waals surface area contributed by atoms with Crippen molar-refractivity contribution in [2.75, 3.05) is 31.5 Å². The van der Waals surface area contributed by atoms with Crippen molar-refractivity contribution in [2.24, 2.45) is 0 Å². The van der Waals surface area contributed by atoms with Gasteiger partial charge in [0.05, 0.1) is 11.9 Å². The number of anilines is 1. The van der Waals surface area contributed by atoms with Gasteiger partial charge in [-0.2, -0.15) is 0 Å². The van der Waals surface area contributed by atoms with Crippen molar-refractivity contribution >= 4 is 29.1 Å². The molecule has 0 unspecified atom stereocenters. The Morgan fingerprint density at radius 3 is 2.53 bits per heavy atom. The smallest absolute Gasteiger partial charge is 0.391 e. The number of nitrogens with zero attached hydrogens (tertiary/aromatic N) is 4. The third-order valence-electron chi connectivity index (χ3n) is 4.43. The summed E-state index contributed by atoms with van der Waals surface area (Å²) in [5.74, 6) is 0.262. The standard InChI is InChI=1S/C21H28N6O2S/c1-21(2,3)25-19(30)24-17-6-7-18(23-14-17)29-20(28)27-11-9-26(10-12-27)15-16-5-4-8-22-13-16/h4-8,13-14H,9-12,15H2,1-3H3,(H2,24,25,30). The Morgan fingerprint density at radius 2 is 1.93 bits per heavy atom. The van der Waals surface area contributed by atoms with E-state index in [0.717, 1.165) is 25.3 Å². The average molecular weight is 429 g/mol. The molecule has 3 rings (SSSR count). The van der Waals surface area contributed by atoms with Gasteiger partial charge in [0, 0.05) is 56.7 Å². The minimum absolute atomic E-state index is 0.130. The van der Waals surface area contributed by atoms with Crippen LogP contribution in [0.4, 0.5) is 10.5 Å². The molecule has 2 aromatic heterocycles. The van der Waals surface area contributed by atoms with Gasteiger partial charge < -0.3 is 20.3 Å². The zero-order valence-electron chi connectivity index (χ0n) is 17.6. The van der Waals surface area contributed by atoms with Crippen LogP contribution in [0.3, 0.4) is 0 Å². The van der Waals surface area contributed by atoms with Crippen molar-refractivity contribution in [1.82, 2.24) is 25.1 Å². The molecule has 0 spiro atoms. The fourth-order valence-electron chi connectivity index (χ4n) is 3.01. The Hall–Kier alpha value is -2.78. The van der Waals surface area contributed by atoms with E-state index in [4.69, 9.17) is 17.0 Å². The second-order valence-electron chi connectivity index (χ2n) is 8.21. The van der Waals surface area contributed by atoms with E-state index in [-0.39, 0.29) is 17.5 Å². The van der Waals surface area contributed by atoms with Crippen LogP contribution in [-0.2, 0) is 6.54 Å². The number of rotatable bonds is 4. The monoisotopic (exact) mass is 428 g/mol. The van der Waals surface area contributed by atoms with Gasteiger partial charge in [0.2, 0.25) is 5.88 Å². The number of carbonyl (C=O) groups is 1. The number of pyridine rings is 2. The van der Waals surface area contributed by atoms with Crippen LogP contribution in [0.5, 0.6) is 5.88 Å². The first-order chi connectivity index (χ1) is 14.3. The maximum atomic E-state index is 12.4. The summed E-state index contributed by atoms with van der Waals surface area (Å²) in [5.41, 5.74) is 1.76. The van der Waals surface area contributed by atoms with Crippen LogP contribution in [0.25, 0.3) is 0 Å². The molecule has 1 amide bonds. The molecule has 0 bridgehead atoms. The van der Waals surface area contributed by atoms with Crippen LogP contribution < -0.4 is 15.4 Å². The van der Waals surface area contributed by atoms with Gasteiger partial charge in [0.15, 0.2) is 5.11 Å². The SMILES string of the molecule is CC(C)(C)NC(=S)Nc1ccc(OC(=O)N2CCN(Cc3cccnc3)CC2)nc1. The predicted molar refractivity (Wildman–Crippen MR) is 120 cm³/mol. The molecule has 1 saturated heterocycles. The highest BCUT2D eigenvalue weighted by molar-refractivity contribution is 7.80. The number of amides is 1. The van der Waals surface area contributed by atoms with E-state index >= 15 is 0 Å². The first-order valence-corrected chi connectivity index (χ1v) is 10.3. The van der Waals surface area contributed by atoms with Crippen LogP contribution >= 0.6 is 12.2 Å². The number of aromatic nitrogens is 2. The lowest BCUT2D eigenvalue weighted by molar-refractivity contribution is 0.107. The number of thiocarbonyl (C=S) groups is 1. The normalized spacial score (nSPS) is 14.8. The molecular formula is C21H28N6O2S. The summed E-state index contributed by atoms with van der Waals surface area (Å²) < 4.78 is 5.42. The Morgan fingerprint density at radius 1 is 1.17 bits per heavy atom. The van der Waals surface area contributed by atoms with E-state index in [1.54, 1.807) is 29.4 Å². The first-order valence-electron chi connectivity index (χ1n) is 9.92. The number of hydrogen-bond acceptors (Lipinski definition) is 6. The summed E-state index contributed by atoms with van der Waals surface area (Å²) in [6, 6.07) is 7.42. The quantitative estimate of drug-likeness (QED) is 0.720. The lowest BCUT2D eigenvalue weighted by Gasteiger charge is -2.33. The third kappa shape index (κ3) is 6.93. The maximum Gasteiger partial charge on any atom is 0.416 e. The summed E-state index contributed by atoms with van der Waals surface area (Å²) >= 11 is 5.27. The summed E-state index contributed by atoms with van der Waals surface area (Å²) in [6.45, 7) is 9.73. The molecule has 0 aromatic carbocycles. The molecule has 30 heavy (non-hydrogen) atoms. The van der Waals surface area contributed by atoms with Crippen molar-refractivity contribution < 1.29 is 9.53 Å². The average Bonchev–Trinajstić information content (AvgIpc) is 2.69. The fraction of sp³-hybridized carbons (Fsp3) is 0.429. The number of piperazine rings is 1. The van der Waals surface area contributed by atoms with Crippen molar-refractivity contribution in [3.05, 3.63) is 48.4 Å². The third-order valence-corrected chi connectivity index (χ3v) is 4.64. The minimum atomic E-state index is -0.380. The van der Waals surface area contributed by atoms with Crippen molar-refractivity contribution in [2.45, 2.75) is 32.9 Å². The highest BCUT2D eigenvalue weighted by atomic mass is 32.1. The van der Waals surface area contributed by atoms with E-state index in [2.05, 4.69) is 31.6 Å². The second-order valence-corrected chi connectivity index (χ2v) is 8.61. The number of nitrogens with one attached hydrogen (secondary N) is 2. The van der Waals surface area contributed by atoms with E-state index in [0.29, 0.717) is 18.2 Å². The Balaban J connectivity index is 1.44. The van der Waals surface area contributed by atoms with Gasteiger partial charge in [-0.1, -0.05) is 6.07 Å². The van der Waals surface area contributed by atoms with Crippen LogP contribution in [0.2, 0.25) is 0 Å². The largest absolute Gasteiger partial charge is 0.416 e. The molecular weight excluding hydrogens is 400 g/mol. The van der Waals surface area contributed by atoms with Crippen LogP contribution in [-0.4, -0.2) is 62.7 Å². The first kappa shape index (κ1) is 21.9. The number of hydrogen-bond donors (Lipinski definition) is 2. The van der Waals surface area contributed by atoms with Gasteiger partial charge in [0.1, 0.15) is 0 Å². The van der Waals surface area contributed by atoms with Crippen LogP contribution in [0.1, 0.15) is 26.3 Å². The summed E-state index contributed by atoms with van der Waals surface area (Å²) in [4.78, 5) is 24.8. The van der Waals surface area contributed by atoms with Crippen molar-refractivity contribution in [3.8, 4) is 5.88 Å². The van der Waals surface area contributed by atoms with Gasteiger partial charge >= 0.3 is 6.09 Å². The molecule has 1 aliphatic heterocycles. The Kier molecular flexibility index (Phi) is 7.17. The predicted octanol–water partition coefficient (Wildman–Crippen LogP) is 2.88. The number of carbonyl (C=O) groups excluding carboxylic acids is 1. The molecule has 1 fully saturated rings. The van der Waals surface area contributed by atoms with Gasteiger partial charge in [-0.15, -0.1) is 0 Å². The summed E-state index contributed by atoms with van der Waals surface area (Å²) in [5, 5.41) is 6.75. The molecule has 0 aliphatic carbocycles. The summed E-state index contributed by atoms with van der Waals surface area (Å²) in [7, 11) is 0. The molecule has 9 heteroatoms. The van der Waals surface area contributed by atoms with E-state index < -0.39 is 0 Å². The zero-order valence-corrected chi connectivity index (χ0v) is 18.4. The second kappa shape index (κ2) is 9.82. The maximum absolute atomic E-state index is 12.4. The van der Waals surface area contributed by atoms with Crippen molar-refractivity contribution in [3.63, 3.8) is 0 Å². The molecule has 0 radical (unpaired) electrons. The zero-order chi connectivity index (χ0) is 21.6. The fourth-order valence-corrected chi connectivity index (χ4v) is 3.43. The molecule has 8 nitrogen and oxygen atoms in total.